The van der Waals surface area contributed by atoms with Gasteiger partial charge in [0.15, 0.2) is 5.76 Å². The highest BCUT2D eigenvalue weighted by Gasteiger charge is 2.38. The lowest BCUT2D eigenvalue weighted by atomic mass is 9.80. The van der Waals surface area contributed by atoms with Crippen LogP contribution < -0.4 is 0 Å². The summed E-state index contributed by atoms with van der Waals surface area (Å²) in [4.78, 5) is 13.8. The third kappa shape index (κ3) is 4.80. The highest BCUT2D eigenvalue weighted by Crippen LogP contribution is 2.39. The number of hydrogen-bond acceptors (Lipinski definition) is 4. The number of ether oxygens (including phenoxy) is 2. The lowest BCUT2D eigenvalue weighted by Crippen LogP contribution is -2.38. The highest BCUT2D eigenvalue weighted by atomic mass is 19.1. The van der Waals surface area contributed by atoms with E-state index in [0.29, 0.717) is 19.4 Å². The molecule has 0 aliphatic carbocycles. The van der Waals surface area contributed by atoms with E-state index in [-0.39, 0.29) is 35.9 Å². The van der Waals surface area contributed by atoms with Crippen molar-refractivity contribution in [1.82, 2.24) is 4.90 Å². The van der Waals surface area contributed by atoms with Crippen molar-refractivity contribution >= 4 is 5.91 Å². The Bertz CT molecular complexity index is 600. The molecule has 1 amide bonds. The van der Waals surface area contributed by atoms with Gasteiger partial charge in [-0.1, -0.05) is 12.1 Å². The van der Waals surface area contributed by atoms with Crippen molar-refractivity contribution in [3.63, 3.8) is 0 Å². The predicted molar refractivity (Wildman–Crippen MR) is 92.2 cm³/mol. The third-order valence-electron chi connectivity index (χ3n) is 4.28. The third-order valence-corrected chi connectivity index (χ3v) is 4.28. The van der Waals surface area contributed by atoms with Crippen LogP contribution >= 0.6 is 0 Å². The molecule has 5 nitrogen and oxygen atoms in total. The summed E-state index contributed by atoms with van der Waals surface area (Å²) in [6.07, 6.45) is 2.46. The maximum Gasteiger partial charge on any atom is 0.288 e. The Morgan fingerprint density at radius 3 is 2.56 bits per heavy atom. The van der Waals surface area contributed by atoms with Gasteiger partial charge in [-0.05, 0) is 43.5 Å². The zero-order valence-corrected chi connectivity index (χ0v) is 14.9. The lowest BCUT2D eigenvalue weighted by Gasteiger charge is -2.37. The molecule has 0 saturated heterocycles. The molecule has 0 bridgehead atoms. The smallest absolute Gasteiger partial charge is 0.288 e. The molecule has 1 N–H and O–H groups in total. The Morgan fingerprint density at radius 2 is 2.00 bits per heavy atom. The first-order valence-corrected chi connectivity index (χ1v) is 8.56. The van der Waals surface area contributed by atoms with Crippen LogP contribution in [0.5, 0.6) is 0 Å². The molecule has 6 heteroatoms. The van der Waals surface area contributed by atoms with Gasteiger partial charge in [-0.3, -0.25) is 4.79 Å². The van der Waals surface area contributed by atoms with Crippen LogP contribution in [-0.2, 0) is 14.3 Å². The molecular weight excluding hydrogens is 325 g/mol. The average molecular weight is 351 g/mol. The number of benzene rings is 1. The van der Waals surface area contributed by atoms with E-state index < -0.39 is 6.29 Å². The van der Waals surface area contributed by atoms with Crippen molar-refractivity contribution in [1.29, 1.82) is 0 Å². The molecule has 0 unspecified atom stereocenters. The van der Waals surface area contributed by atoms with E-state index in [1.165, 1.54) is 17.0 Å². The maximum absolute atomic E-state index is 13.3. The van der Waals surface area contributed by atoms with Gasteiger partial charge in [0.1, 0.15) is 5.82 Å². The lowest BCUT2D eigenvalue weighted by molar-refractivity contribution is -0.169. The van der Waals surface area contributed by atoms with Crippen molar-refractivity contribution in [2.24, 2.45) is 5.92 Å². The monoisotopic (exact) mass is 351 g/mol. The van der Waals surface area contributed by atoms with E-state index in [2.05, 4.69) is 0 Å². The SMILES string of the molecule is CCO[C@@H]1OC(C(=O)N(C)C)=C[C@H](c2ccc(F)cc2)[C@H]1CCCO. The fraction of sp³-hybridized carbons (Fsp3) is 0.526. The molecule has 1 aliphatic heterocycles. The fourth-order valence-corrected chi connectivity index (χ4v) is 3.04. The number of aliphatic hydroxyl groups is 1. The molecule has 138 valence electrons. The molecule has 3 atom stereocenters. The number of carbonyl (C=O) groups excluding carboxylic acids is 1. The van der Waals surface area contributed by atoms with Gasteiger partial charge in [-0.2, -0.15) is 0 Å². The fourth-order valence-electron chi connectivity index (χ4n) is 3.04. The molecular formula is C19H26FNO4. The van der Waals surface area contributed by atoms with Crippen LogP contribution in [0.3, 0.4) is 0 Å². The maximum atomic E-state index is 13.3. The first-order valence-electron chi connectivity index (χ1n) is 8.56. The number of allylic oxidation sites excluding steroid dienone is 1. The Hall–Kier alpha value is -1.92. The van der Waals surface area contributed by atoms with Crippen molar-refractivity contribution in [3.8, 4) is 0 Å². The average Bonchev–Trinajstić information content (AvgIpc) is 2.60. The standard InChI is InChI=1S/C19H26FNO4/c1-4-24-19-15(6-5-11-22)16(13-7-9-14(20)10-8-13)12-17(25-19)18(23)21(2)3/h7-10,12,15-16,19,22H,4-6,11H2,1-3H3/t15-,16-,19-/m1/s1. The highest BCUT2D eigenvalue weighted by molar-refractivity contribution is 5.91. The molecule has 1 heterocycles. The molecule has 25 heavy (non-hydrogen) atoms. The van der Waals surface area contributed by atoms with Crippen molar-refractivity contribution in [3.05, 3.63) is 47.5 Å². The Balaban J connectivity index is 2.42. The summed E-state index contributed by atoms with van der Waals surface area (Å²) in [7, 11) is 3.32. The van der Waals surface area contributed by atoms with E-state index in [4.69, 9.17) is 9.47 Å². The van der Waals surface area contributed by atoms with Gasteiger partial charge in [0.25, 0.3) is 5.91 Å². The molecule has 1 aromatic rings. The summed E-state index contributed by atoms with van der Waals surface area (Å²) >= 11 is 0. The molecule has 0 radical (unpaired) electrons. The molecule has 0 spiro atoms. The second-order valence-electron chi connectivity index (χ2n) is 6.28. The van der Waals surface area contributed by atoms with E-state index in [1.54, 1.807) is 32.3 Å². The van der Waals surface area contributed by atoms with Crippen LogP contribution in [0.2, 0.25) is 0 Å². The van der Waals surface area contributed by atoms with Gasteiger partial charge in [-0.25, -0.2) is 4.39 Å². The van der Waals surface area contributed by atoms with Gasteiger partial charge >= 0.3 is 0 Å². The molecule has 0 fully saturated rings. The number of rotatable bonds is 7. The number of nitrogens with zero attached hydrogens (tertiary/aromatic N) is 1. The van der Waals surface area contributed by atoms with Crippen LogP contribution in [0.15, 0.2) is 36.1 Å². The number of hydrogen-bond donors (Lipinski definition) is 1. The zero-order chi connectivity index (χ0) is 18.4. The van der Waals surface area contributed by atoms with Crippen LogP contribution in [-0.4, -0.2) is 49.5 Å². The van der Waals surface area contributed by atoms with Gasteiger partial charge in [0, 0.05) is 39.1 Å². The molecule has 1 aromatic carbocycles. The van der Waals surface area contributed by atoms with Crippen molar-refractivity contribution in [2.45, 2.75) is 32.0 Å². The van der Waals surface area contributed by atoms with Crippen LogP contribution in [0, 0.1) is 11.7 Å². The van der Waals surface area contributed by atoms with Gasteiger partial charge in [-0.15, -0.1) is 0 Å². The van der Waals surface area contributed by atoms with Crippen LogP contribution in [0.1, 0.15) is 31.2 Å². The van der Waals surface area contributed by atoms with Crippen LogP contribution in [0.25, 0.3) is 0 Å². The topological polar surface area (TPSA) is 59.0 Å². The quantitative estimate of drug-likeness (QED) is 0.820. The number of likely N-dealkylation sites (N-methyl/N-ethyl adjacent to an activating group) is 1. The molecule has 1 aliphatic rings. The van der Waals surface area contributed by atoms with E-state index in [9.17, 15) is 14.3 Å². The minimum absolute atomic E-state index is 0.0681. The Labute approximate surface area is 148 Å². The van der Waals surface area contributed by atoms with Crippen molar-refractivity contribution in [2.75, 3.05) is 27.3 Å². The van der Waals surface area contributed by atoms with Gasteiger partial charge in [0.05, 0.1) is 0 Å². The summed E-state index contributed by atoms with van der Waals surface area (Å²) < 4.78 is 24.9. The van der Waals surface area contributed by atoms with Gasteiger partial charge < -0.3 is 19.5 Å². The molecule has 0 saturated carbocycles. The van der Waals surface area contributed by atoms with Gasteiger partial charge in [0.2, 0.25) is 6.29 Å². The first-order chi connectivity index (χ1) is 12.0. The Kier molecular flexibility index (Phi) is 6.96. The second-order valence-corrected chi connectivity index (χ2v) is 6.28. The zero-order valence-electron chi connectivity index (χ0n) is 14.9. The minimum Gasteiger partial charge on any atom is -0.459 e. The van der Waals surface area contributed by atoms with E-state index >= 15 is 0 Å². The number of aliphatic hydroxyl groups excluding tert-OH is 1. The number of amides is 1. The first kappa shape index (κ1) is 19.4. The molecule has 2 rings (SSSR count). The summed E-state index contributed by atoms with van der Waals surface area (Å²) in [5, 5.41) is 9.21. The minimum atomic E-state index is -0.587. The van der Waals surface area contributed by atoms with Crippen LogP contribution in [0.4, 0.5) is 4.39 Å². The normalized spacial score (nSPS) is 22.9. The van der Waals surface area contributed by atoms with Crippen molar-refractivity contribution < 1.29 is 23.8 Å². The predicted octanol–water partition coefficient (Wildman–Crippen LogP) is 2.66. The number of halogens is 1. The Morgan fingerprint density at radius 1 is 1.32 bits per heavy atom. The summed E-state index contributed by atoms with van der Waals surface area (Å²) in [5.74, 6) is -0.541. The summed E-state index contributed by atoms with van der Waals surface area (Å²) in [5.41, 5.74) is 0.890. The number of carbonyl (C=O) groups is 1. The summed E-state index contributed by atoms with van der Waals surface area (Å²) in [6, 6.07) is 6.25. The largest absolute Gasteiger partial charge is 0.459 e. The second kappa shape index (κ2) is 8.97. The summed E-state index contributed by atoms with van der Waals surface area (Å²) in [6.45, 7) is 2.38. The van der Waals surface area contributed by atoms with E-state index in [1.807, 2.05) is 6.92 Å². The van der Waals surface area contributed by atoms with E-state index in [0.717, 1.165) is 5.56 Å². The molecule has 0 aromatic heterocycles.